The maximum absolute atomic E-state index is 11.7. The third-order valence-electron chi connectivity index (χ3n) is 1.58. The Bertz CT molecular complexity index is 105. The lowest BCUT2D eigenvalue weighted by Crippen LogP contribution is -2.20. The first kappa shape index (κ1) is 9.26. The van der Waals surface area contributed by atoms with E-state index in [-0.39, 0.29) is 5.75 Å². The molecule has 1 heterocycles. The molecule has 1 nitrogen and oxygen atoms in total. The zero-order chi connectivity index (χ0) is 8.10. The summed E-state index contributed by atoms with van der Waals surface area (Å²) in [6, 6.07) is 0. The second-order valence-corrected chi connectivity index (χ2v) is 3.90. The summed E-state index contributed by atoms with van der Waals surface area (Å²) in [4.78, 5) is 0. The average Bonchev–Trinajstić information content (AvgIpc) is 2.03. The van der Waals surface area contributed by atoms with Gasteiger partial charge in [0, 0.05) is 11.9 Å². The second-order valence-electron chi connectivity index (χ2n) is 2.56. The van der Waals surface area contributed by atoms with Crippen LogP contribution in [0.3, 0.4) is 0 Å². The van der Waals surface area contributed by atoms with Crippen LogP contribution in [0.15, 0.2) is 0 Å². The fraction of sp³-hybridized carbons (Fsp3) is 1.00. The fourth-order valence-corrected chi connectivity index (χ4v) is 1.99. The molecular formula is C7H12F2OS. The average molecular weight is 182 g/mol. The highest BCUT2D eigenvalue weighted by Crippen LogP contribution is 2.22. The first-order valence-corrected chi connectivity index (χ1v) is 4.81. The van der Waals surface area contributed by atoms with Crippen LogP contribution in [0, 0.1) is 0 Å². The molecule has 0 aromatic rings. The minimum absolute atomic E-state index is 0.0476. The minimum Gasteiger partial charge on any atom is -0.380 e. The Balaban J connectivity index is 2.05. The molecule has 0 aromatic carbocycles. The van der Waals surface area contributed by atoms with Crippen molar-refractivity contribution >= 4 is 11.8 Å². The van der Waals surface area contributed by atoms with Crippen LogP contribution < -0.4 is 0 Å². The van der Waals surface area contributed by atoms with Crippen LogP contribution in [-0.4, -0.2) is 30.6 Å². The summed E-state index contributed by atoms with van der Waals surface area (Å²) in [5.41, 5.74) is 0. The Morgan fingerprint density at radius 2 is 2.36 bits per heavy atom. The van der Waals surface area contributed by atoms with E-state index in [9.17, 15) is 8.78 Å². The summed E-state index contributed by atoms with van der Waals surface area (Å²) >= 11 is 1.33. The number of alkyl halides is 2. The van der Waals surface area contributed by atoms with E-state index in [1.54, 1.807) is 0 Å². The van der Waals surface area contributed by atoms with Crippen molar-refractivity contribution in [3.05, 3.63) is 0 Å². The van der Waals surface area contributed by atoms with E-state index >= 15 is 0 Å². The molecule has 1 aliphatic heterocycles. The van der Waals surface area contributed by atoms with Gasteiger partial charge in [-0.05, 0) is 12.8 Å². The maximum atomic E-state index is 11.7. The van der Waals surface area contributed by atoms with Crippen LogP contribution in [0.25, 0.3) is 0 Å². The number of hydrogen-bond acceptors (Lipinski definition) is 2. The van der Waals surface area contributed by atoms with Gasteiger partial charge in [-0.25, -0.2) is 8.78 Å². The van der Waals surface area contributed by atoms with Crippen molar-refractivity contribution in [3.8, 4) is 0 Å². The first-order chi connectivity index (χ1) is 5.29. The molecule has 1 aliphatic rings. The van der Waals surface area contributed by atoms with E-state index in [2.05, 4.69) is 0 Å². The number of ether oxygens (including phenoxy) is 1. The number of thioether (sulfide) groups is 1. The van der Waals surface area contributed by atoms with Gasteiger partial charge in [0.15, 0.2) is 0 Å². The molecule has 1 rings (SSSR count). The summed E-state index contributed by atoms with van der Waals surface area (Å²) in [6.45, 7) is 1.45. The lowest BCUT2D eigenvalue weighted by atomic mass is 10.2. The normalized spacial score (nSPS) is 25.9. The lowest BCUT2D eigenvalue weighted by Gasteiger charge is -2.21. The second kappa shape index (κ2) is 4.93. The Labute approximate surface area is 69.5 Å². The molecule has 0 saturated carbocycles. The zero-order valence-electron chi connectivity index (χ0n) is 6.26. The van der Waals surface area contributed by atoms with Crippen LogP contribution in [-0.2, 0) is 4.74 Å². The highest BCUT2D eigenvalue weighted by atomic mass is 32.2. The predicted octanol–water partition coefficient (Wildman–Crippen LogP) is 2.16. The third-order valence-corrected chi connectivity index (χ3v) is 2.86. The van der Waals surface area contributed by atoms with E-state index in [1.807, 2.05) is 0 Å². The summed E-state index contributed by atoms with van der Waals surface area (Å²) in [6.07, 6.45) is -0.139. The van der Waals surface area contributed by atoms with Crippen LogP contribution in [0.5, 0.6) is 0 Å². The SMILES string of the molecule is FC(F)CSC1CCCOC1. The van der Waals surface area contributed by atoms with Crippen LogP contribution in [0.2, 0.25) is 0 Å². The molecule has 66 valence electrons. The molecule has 4 heteroatoms. The van der Waals surface area contributed by atoms with Gasteiger partial charge in [-0.1, -0.05) is 0 Å². The Hall–Kier alpha value is 0.170. The van der Waals surface area contributed by atoms with E-state index in [0.29, 0.717) is 11.9 Å². The van der Waals surface area contributed by atoms with Crippen molar-refractivity contribution < 1.29 is 13.5 Å². The summed E-state index contributed by atoms with van der Waals surface area (Å²) in [7, 11) is 0. The summed E-state index contributed by atoms with van der Waals surface area (Å²) in [5.74, 6) is -0.0476. The molecule has 1 atom stereocenters. The van der Waals surface area contributed by atoms with Crippen molar-refractivity contribution in [2.75, 3.05) is 19.0 Å². The molecule has 1 saturated heterocycles. The molecule has 0 N–H and O–H groups in total. The Morgan fingerprint density at radius 3 is 2.91 bits per heavy atom. The van der Waals surface area contributed by atoms with E-state index in [1.165, 1.54) is 11.8 Å². The van der Waals surface area contributed by atoms with Gasteiger partial charge in [-0.15, -0.1) is 0 Å². The van der Waals surface area contributed by atoms with Gasteiger partial charge in [-0.2, -0.15) is 11.8 Å². The maximum Gasteiger partial charge on any atom is 0.247 e. The van der Waals surface area contributed by atoms with E-state index in [0.717, 1.165) is 19.4 Å². The quantitative estimate of drug-likeness (QED) is 0.661. The topological polar surface area (TPSA) is 9.23 Å². The van der Waals surface area contributed by atoms with Gasteiger partial charge in [-0.3, -0.25) is 0 Å². The van der Waals surface area contributed by atoms with Crippen LogP contribution in [0.4, 0.5) is 8.78 Å². The van der Waals surface area contributed by atoms with Crippen LogP contribution >= 0.6 is 11.8 Å². The van der Waals surface area contributed by atoms with Gasteiger partial charge in [0.05, 0.1) is 12.4 Å². The van der Waals surface area contributed by atoms with Gasteiger partial charge in [0.1, 0.15) is 0 Å². The van der Waals surface area contributed by atoms with Crippen molar-refractivity contribution in [1.82, 2.24) is 0 Å². The van der Waals surface area contributed by atoms with Gasteiger partial charge in [0.25, 0.3) is 0 Å². The molecule has 0 aliphatic carbocycles. The van der Waals surface area contributed by atoms with Crippen molar-refractivity contribution in [3.63, 3.8) is 0 Å². The molecule has 0 amide bonds. The molecule has 0 bridgehead atoms. The van der Waals surface area contributed by atoms with Gasteiger partial charge < -0.3 is 4.74 Å². The molecular weight excluding hydrogens is 170 g/mol. The lowest BCUT2D eigenvalue weighted by molar-refractivity contribution is 0.101. The van der Waals surface area contributed by atoms with E-state index < -0.39 is 6.43 Å². The highest BCUT2D eigenvalue weighted by molar-refractivity contribution is 7.99. The molecule has 1 fully saturated rings. The standard InChI is InChI=1S/C7H12F2OS/c8-7(9)5-11-6-2-1-3-10-4-6/h6-7H,1-5H2. The molecule has 11 heavy (non-hydrogen) atoms. The van der Waals surface area contributed by atoms with Gasteiger partial charge >= 0.3 is 0 Å². The Kier molecular flexibility index (Phi) is 4.15. The summed E-state index contributed by atoms with van der Waals surface area (Å²) in [5, 5.41) is 0.303. The Morgan fingerprint density at radius 1 is 1.55 bits per heavy atom. The van der Waals surface area contributed by atoms with Crippen molar-refractivity contribution in [1.29, 1.82) is 0 Å². The number of halogens is 2. The summed E-state index contributed by atoms with van der Waals surface area (Å²) < 4.78 is 28.6. The van der Waals surface area contributed by atoms with Crippen LogP contribution in [0.1, 0.15) is 12.8 Å². The smallest absolute Gasteiger partial charge is 0.247 e. The largest absolute Gasteiger partial charge is 0.380 e. The third kappa shape index (κ3) is 3.91. The molecule has 0 aromatic heterocycles. The van der Waals surface area contributed by atoms with Crippen molar-refractivity contribution in [2.45, 2.75) is 24.5 Å². The predicted molar refractivity (Wildman–Crippen MR) is 42.3 cm³/mol. The first-order valence-electron chi connectivity index (χ1n) is 3.76. The zero-order valence-corrected chi connectivity index (χ0v) is 7.08. The minimum atomic E-state index is -2.18. The van der Waals surface area contributed by atoms with Gasteiger partial charge in [0.2, 0.25) is 6.43 Å². The highest BCUT2D eigenvalue weighted by Gasteiger charge is 2.15. The van der Waals surface area contributed by atoms with E-state index in [4.69, 9.17) is 4.74 Å². The number of hydrogen-bond donors (Lipinski definition) is 0. The molecule has 0 spiro atoms. The van der Waals surface area contributed by atoms with Crippen molar-refractivity contribution in [2.24, 2.45) is 0 Å². The molecule has 0 radical (unpaired) electrons. The fourth-order valence-electron chi connectivity index (χ4n) is 1.05. The molecule has 1 unspecified atom stereocenters. The monoisotopic (exact) mass is 182 g/mol. The number of rotatable bonds is 3.